The highest BCUT2D eigenvalue weighted by molar-refractivity contribution is 5.77. The normalized spacial score (nSPS) is 18.6. The third-order valence-corrected chi connectivity index (χ3v) is 3.03. The summed E-state index contributed by atoms with van der Waals surface area (Å²) in [5.41, 5.74) is 0. The van der Waals surface area contributed by atoms with Gasteiger partial charge in [0.15, 0.2) is 0 Å². The number of rotatable bonds is 7. The van der Waals surface area contributed by atoms with Gasteiger partial charge in [-0.1, -0.05) is 19.8 Å². The number of carbonyl (C=O) groups is 1. The molecule has 1 aliphatic carbocycles. The zero-order chi connectivity index (χ0) is 11.8. The molecule has 0 bridgehead atoms. The van der Waals surface area contributed by atoms with Crippen LogP contribution < -0.4 is 5.32 Å². The number of carbonyl (C=O) groups excluding carboxylic acids is 1. The van der Waals surface area contributed by atoms with Crippen LogP contribution in [-0.4, -0.2) is 36.9 Å². The van der Waals surface area contributed by atoms with E-state index in [0.29, 0.717) is 19.1 Å². The van der Waals surface area contributed by atoms with Gasteiger partial charge in [0.25, 0.3) is 0 Å². The van der Waals surface area contributed by atoms with Crippen molar-refractivity contribution in [2.45, 2.75) is 45.1 Å². The van der Waals surface area contributed by atoms with E-state index >= 15 is 0 Å². The second-order valence-corrected chi connectivity index (χ2v) is 4.47. The number of amides is 1. The van der Waals surface area contributed by atoms with Crippen molar-refractivity contribution in [2.24, 2.45) is 5.92 Å². The van der Waals surface area contributed by atoms with Gasteiger partial charge in [-0.15, -0.1) is 0 Å². The molecule has 16 heavy (non-hydrogen) atoms. The van der Waals surface area contributed by atoms with Crippen LogP contribution in [0.3, 0.4) is 0 Å². The quantitative estimate of drug-likeness (QED) is 0.642. The fourth-order valence-corrected chi connectivity index (χ4v) is 2.09. The number of ether oxygens (including phenoxy) is 1. The van der Waals surface area contributed by atoms with Gasteiger partial charge in [0, 0.05) is 13.2 Å². The third kappa shape index (κ3) is 4.94. The van der Waals surface area contributed by atoms with Gasteiger partial charge in [0.1, 0.15) is 6.61 Å². The molecule has 0 aromatic rings. The van der Waals surface area contributed by atoms with Crippen molar-refractivity contribution in [3.05, 3.63) is 0 Å². The monoisotopic (exact) mass is 229 g/mol. The second-order valence-electron chi connectivity index (χ2n) is 4.47. The first kappa shape index (κ1) is 13.5. The maximum Gasteiger partial charge on any atom is 0.246 e. The lowest BCUT2D eigenvalue weighted by molar-refractivity contribution is -0.126. The van der Waals surface area contributed by atoms with Crippen molar-refractivity contribution in [1.29, 1.82) is 0 Å². The third-order valence-electron chi connectivity index (χ3n) is 3.03. The fraction of sp³-hybridized carbons (Fsp3) is 0.917. The van der Waals surface area contributed by atoms with E-state index in [1.807, 2.05) is 6.92 Å². The first-order valence-electron chi connectivity index (χ1n) is 6.26. The van der Waals surface area contributed by atoms with Gasteiger partial charge in [0.2, 0.25) is 5.91 Å². The minimum Gasteiger partial charge on any atom is -0.391 e. The van der Waals surface area contributed by atoms with E-state index in [9.17, 15) is 9.90 Å². The zero-order valence-electron chi connectivity index (χ0n) is 10.1. The van der Waals surface area contributed by atoms with Crippen LogP contribution in [0.2, 0.25) is 0 Å². The Morgan fingerprint density at radius 1 is 1.50 bits per heavy atom. The predicted molar refractivity (Wildman–Crippen MR) is 62.1 cm³/mol. The average Bonchev–Trinajstić information content (AvgIpc) is 2.79. The van der Waals surface area contributed by atoms with Gasteiger partial charge >= 0.3 is 0 Å². The molecule has 1 atom stereocenters. The van der Waals surface area contributed by atoms with Crippen LogP contribution >= 0.6 is 0 Å². The largest absolute Gasteiger partial charge is 0.391 e. The SMILES string of the molecule is CCCOCC(=O)NCC(O)C1CCCC1. The summed E-state index contributed by atoms with van der Waals surface area (Å²) >= 11 is 0. The Kier molecular flexibility index (Phi) is 6.42. The van der Waals surface area contributed by atoms with Crippen LogP contribution in [0.25, 0.3) is 0 Å². The van der Waals surface area contributed by atoms with E-state index in [4.69, 9.17) is 4.74 Å². The van der Waals surface area contributed by atoms with Crippen LogP contribution in [-0.2, 0) is 9.53 Å². The summed E-state index contributed by atoms with van der Waals surface area (Å²) in [5, 5.41) is 12.5. The van der Waals surface area contributed by atoms with E-state index in [2.05, 4.69) is 5.32 Å². The van der Waals surface area contributed by atoms with E-state index in [1.54, 1.807) is 0 Å². The topological polar surface area (TPSA) is 58.6 Å². The second kappa shape index (κ2) is 7.63. The molecule has 1 aliphatic rings. The van der Waals surface area contributed by atoms with E-state index in [0.717, 1.165) is 19.3 Å². The van der Waals surface area contributed by atoms with E-state index in [-0.39, 0.29) is 12.5 Å². The number of aliphatic hydroxyl groups excluding tert-OH is 1. The van der Waals surface area contributed by atoms with Crippen molar-refractivity contribution in [1.82, 2.24) is 5.32 Å². The zero-order valence-corrected chi connectivity index (χ0v) is 10.1. The summed E-state index contributed by atoms with van der Waals surface area (Å²) in [4.78, 5) is 11.3. The average molecular weight is 229 g/mol. The molecule has 4 heteroatoms. The standard InChI is InChI=1S/C12H23NO3/c1-2-7-16-9-12(15)13-8-11(14)10-5-3-4-6-10/h10-11,14H,2-9H2,1H3,(H,13,15). The van der Waals surface area contributed by atoms with Gasteiger partial charge in [-0.25, -0.2) is 0 Å². The molecule has 0 aromatic heterocycles. The molecule has 0 aromatic carbocycles. The van der Waals surface area contributed by atoms with Crippen LogP contribution in [0.4, 0.5) is 0 Å². The Balaban J connectivity index is 2.06. The molecule has 1 fully saturated rings. The smallest absolute Gasteiger partial charge is 0.246 e. The van der Waals surface area contributed by atoms with Crippen LogP contribution in [0, 0.1) is 5.92 Å². The van der Waals surface area contributed by atoms with Gasteiger partial charge in [0.05, 0.1) is 6.10 Å². The van der Waals surface area contributed by atoms with E-state index < -0.39 is 6.10 Å². The molecule has 94 valence electrons. The Labute approximate surface area is 97.4 Å². The molecule has 4 nitrogen and oxygen atoms in total. The molecular weight excluding hydrogens is 206 g/mol. The maximum atomic E-state index is 11.3. The molecule has 0 saturated heterocycles. The molecular formula is C12H23NO3. The van der Waals surface area contributed by atoms with Crippen LogP contribution in [0.5, 0.6) is 0 Å². The summed E-state index contributed by atoms with van der Waals surface area (Å²) in [6.45, 7) is 3.07. The molecule has 2 N–H and O–H groups in total. The summed E-state index contributed by atoms with van der Waals surface area (Å²) in [6, 6.07) is 0. The molecule has 1 saturated carbocycles. The van der Waals surface area contributed by atoms with Crippen LogP contribution in [0.1, 0.15) is 39.0 Å². The minimum absolute atomic E-state index is 0.102. The lowest BCUT2D eigenvalue weighted by Crippen LogP contribution is -2.37. The molecule has 0 aliphatic heterocycles. The summed E-state index contributed by atoms with van der Waals surface area (Å²) in [5.74, 6) is 0.238. The van der Waals surface area contributed by atoms with E-state index in [1.165, 1.54) is 12.8 Å². The molecule has 1 rings (SSSR count). The Bertz CT molecular complexity index is 202. The van der Waals surface area contributed by atoms with Crippen molar-refractivity contribution in [3.63, 3.8) is 0 Å². The summed E-state index contributed by atoms with van der Waals surface area (Å²) < 4.78 is 5.11. The molecule has 1 unspecified atom stereocenters. The molecule has 1 amide bonds. The van der Waals surface area contributed by atoms with Crippen molar-refractivity contribution in [2.75, 3.05) is 19.8 Å². The highest BCUT2D eigenvalue weighted by Crippen LogP contribution is 2.27. The first-order chi connectivity index (χ1) is 7.74. The maximum absolute atomic E-state index is 11.3. The summed E-state index contributed by atoms with van der Waals surface area (Å²) in [6.07, 6.45) is 5.10. The van der Waals surface area contributed by atoms with Gasteiger partial charge in [-0.05, 0) is 25.2 Å². The van der Waals surface area contributed by atoms with Crippen molar-refractivity contribution >= 4 is 5.91 Å². The number of nitrogens with one attached hydrogen (secondary N) is 1. The van der Waals surface area contributed by atoms with Gasteiger partial charge in [-0.3, -0.25) is 4.79 Å². The highest BCUT2D eigenvalue weighted by Gasteiger charge is 2.23. The number of aliphatic hydroxyl groups is 1. The van der Waals surface area contributed by atoms with Crippen molar-refractivity contribution in [3.8, 4) is 0 Å². The number of hydrogen-bond acceptors (Lipinski definition) is 3. The molecule has 0 heterocycles. The lowest BCUT2D eigenvalue weighted by Gasteiger charge is -2.17. The van der Waals surface area contributed by atoms with Gasteiger partial charge < -0.3 is 15.2 Å². The Morgan fingerprint density at radius 2 is 2.19 bits per heavy atom. The Hall–Kier alpha value is -0.610. The fourth-order valence-electron chi connectivity index (χ4n) is 2.09. The lowest BCUT2D eigenvalue weighted by atomic mass is 10.0. The molecule has 0 spiro atoms. The highest BCUT2D eigenvalue weighted by atomic mass is 16.5. The minimum atomic E-state index is -0.391. The first-order valence-corrected chi connectivity index (χ1v) is 6.26. The van der Waals surface area contributed by atoms with Crippen molar-refractivity contribution < 1.29 is 14.6 Å². The Morgan fingerprint density at radius 3 is 2.81 bits per heavy atom. The summed E-state index contributed by atoms with van der Waals surface area (Å²) in [7, 11) is 0. The number of hydrogen-bond donors (Lipinski definition) is 2. The van der Waals surface area contributed by atoms with Gasteiger partial charge in [-0.2, -0.15) is 0 Å². The predicted octanol–water partition coefficient (Wildman–Crippen LogP) is 1.08. The molecule has 0 radical (unpaired) electrons. The van der Waals surface area contributed by atoms with Crippen LogP contribution in [0.15, 0.2) is 0 Å².